The molecule has 10 nitrogen and oxygen atoms in total. The lowest BCUT2D eigenvalue weighted by Crippen LogP contribution is -2.32. The van der Waals surface area contributed by atoms with E-state index in [4.69, 9.17) is 9.26 Å². The molecule has 0 aliphatic carbocycles. The summed E-state index contributed by atoms with van der Waals surface area (Å²) in [6, 6.07) is 0. The number of methoxy groups -OCH3 is 1. The third-order valence-corrected chi connectivity index (χ3v) is 4.85. The standard InChI is InChI=1S/C15H20N6O4S/c1-3-4-12-18-19-15(26-12)21-7-9(5-13(21)22)14(23)16-6-11-17-10(8-24-2)20-25-11/h9H,3-8H2,1-2H3,(H,16,23). The molecular formula is C15H20N6O4S. The summed E-state index contributed by atoms with van der Waals surface area (Å²) in [5, 5.41) is 16.1. The molecule has 3 rings (SSSR count). The summed E-state index contributed by atoms with van der Waals surface area (Å²) in [6.07, 6.45) is 1.95. The number of hydrogen-bond acceptors (Lipinski definition) is 9. The number of nitrogens with one attached hydrogen (secondary N) is 1. The molecule has 3 heterocycles. The van der Waals surface area contributed by atoms with Crippen molar-refractivity contribution in [2.45, 2.75) is 39.3 Å². The van der Waals surface area contributed by atoms with Crippen molar-refractivity contribution in [1.82, 2.24) is 25.7 Å². The fourth-order valence-electron chi connectivity index (χ4n) is 2.59. The topological polar surface area (TPSA) is 123 Å². The quantitative estimate of drug-likeness (QED) is 0.709. The average molecular weight is 380 g/mol. The minimum absolute atomic E-state index is 0.111. The lowest BCUT2D eigenvalue weighted by molar-refractivity contribution is -0.126. The van der Waals surface area contributed by atoms with Gasteiger partial charge in [-0.2, -0.15) is 4.98 Å². The Morgan fingerprint density at radius 1 is 1.46 bits per heavy atom. The highest BCUT2D eigenvalue weighted by Gasteiger charge is 2.36. The molecule has 1 fully saturated rings. The fourth-order valence-corrected chi connectivity index (χ4v) is 3.56. The third-order valence-electron chi connectivity index (χ3n) is 3.84. The second-order valence-electron chi connectivity index (χ2n) is 5.89. The SMILES string of the molecule is CCCc1nnc(N2CC(C(=O)NCc3nc(COC)no3)CC2=O)s1. The number of rotatable bonds is 8. The Kier molecular flexibility index (Phi) is 5.89. The minimum Gasteiger partial charge on any atom is -0.377 e. The molecule has 2 aromatic heterocycles. The fraction of sp³-hybridized carbons (Fsp3) is 0.600. The van der Waals surface area contributed by atoms with Crippen LogP contribution in [0.3, 0.4) is 0 Å². The summed E-state index contributed by atoms with van der Waals surface area (Å²) in [4.78, 5) is 30.2. The lowest BCUT2D eigenvalue weighted by atomic mass is 10.1. The van der Waals surface area contributed by atoms with Gasteiger partial charge in [0.25, 0.3) is 0 Å². The van der Waals surface area contributed by atoms with E-state index in [2.05, 4.69) is 32.6 Å². The van der Waals surface area contributed by atoms with Crippen molar-refractivity contribution < 1.29 is 18.8 Å². The van der Waals surface area contributed by atoms with Crippen LogP contribution in [0.25, 0.3) is 0 Å². The molecule has 1 aliphatic rings. The molecule has 1 atom stereocenters. The summed E-state index contributed by atoms with van der Waals surface area (Å²) in [5.41, 5.74) is 0. The first-order valence-electron chi connectivity index (χ1n) is 8.31. The van der Waals surface area contributed by atoms with Gasteiger partial charge in [0.05, 0.1) is 12.5 Å². The van der Waals surface area contributed by atoms with E-state index in [1.54, 1.807) is 0 Å². The number of anilines is 1. The molecule has 1 N–H and O–H groups in total. The third kappa shape index (κ3) is 4.22. The average Bonchev–Trinajstić information content (AvgIpc) is 3.33. The summed E-state index contributed by atoms with van der Waals surface area (Å²) in [5.74, 6) is -0.0874. The number of hydrogen-bond donors (Lipinski definition) is 1. The van der Waals surface area contributed by atoms with E-state index in [1.807, 2.05) is 0 Å². The zero-order valence-electron chi connectivity index (χ0n) is 14.6. The van der Waals surface area contributed by atoms with Gasteiger partial charge in [0.2, 0.25) is 22.8 Å². The van der Waals surface area contributed by atoms with Gasteiger partial charge in [0.15, 0.2) is 5.82 Å². The maximum atomic E-state index is 12.3. The van der Waals surface area contributed by atoms with Crippen LogP contribution in [0, 0.1) is 5.92 Å². The maximum Gasteiger partial charge on any atom is 0.246 e. The molecule has 26 heavy (non-hydrogen) atoms. The highest BCUT2D eigenvalue weighted by atomic mass is 32.1. The largest absolute Gasteiger partial charge is 0.377 e. The predicted molar refractivity (Wildman–Crippen MR) is 91.2 cm³/mol. The summed E-state index contributed by atoms with van der Waals surface area (Å²) in [6.45, 7) is 2.71. The Bertz CT molecular complexity index is 776. The molecule has 1 aliphatic heterocycles. The van der Waals surface area contributed by atoms with E-state index in [0.29, 0.717) is 23.4 Å². The van der Waals surface area contributed by atoms with Crippen molar-refractivity contribution in [3.05, 3.63) is 16.7 Å². The summed E-state index contributed by atoms with van der Waals surface area (Å²) in [7, 11) is 1.53. The van der Waals surface area contributed by atoms with Crippen LogP contribution in [0.5, 0.6) is 0 Å². The molecule has 140 valence electrons. The minimum atomic E-state index is -0.442. The van der Waals surface area contributed by atoms with Crippen LogP contribution >= 0.6 is 11.3 Å². The van der Waals surface area contributed by atoms with Gasteiger partial charge in [-0.15, -0.1) is 10.2 Å². The monoisotopic (exact) mass is 380 g/mol. The van der Waals surface area contributed by atoms with Crippen LogP contribution in [-0.2, 0) is 33.9 Å². The van der Waals surface area contributed by atoms with Gasteiger partial charge in [-0.05, 0) is 6.42 Å². The first-order valence-corrected chi connectivity index (χ1v) is 9.13. The van der Waals surface area contributed by atoms with Crippen molar-refractivity contribution in [2.75, 3.05) is 18.6 Å². The highest BCUT2D eigenvalue weighted by molar-refractivity contribution is 7.15. The van der Waals surface area contributed by atoms with E-state index in [0.717, 1.165) is 17.8 Å². The van der Waals surface area contributed by atoms with Crippen molar-refractivity contribution >= 4 is 28.3 Å². The van der Waals surface area contributed by atoms with Crippen molar-refractivity contribution in [3.8, 4) is 0 Å². The Balaban J connectivity index is 1.54. The Labute approximate surface area is 153 Å². The molecule has 1 saturated heterocycles. The van der Waals surface area contributed by atoms with Gasteiger partial charge in [-0.1, -0.05) is 23.4 Å². The number of carbonyl (C=O) groups excluding carboxylic acids is 2. The number of ether oxygens (including phenoxy) is 1. The maximum absolute atomic E-state index is 12.3. The Morgan fingerprint density at radius 3 is 3.08 bits per heavy atom. The van der Waals surface area contributed by atoms with Gasteiger partial charge in [0.1, 0.15) is 11.6 Å². The van der Waals surface area contributed by atoms with Crippen LogP contribution in [0.1, 0.15) is 36.5 Å². The molecule has 0 bridgehead atoms. The van der Waals surface area contributed by atoms with E-state index in [-0.39, 0.29) is 31.4 Å². The predicted octanol–water partition coefficient (Wildman–Crippen LogP) is 0.689. The molecule has 0 radical (unpaired) electrons. The smallest absolute Gasteiger partial charge is 0.246 e. The molecule has 11 heteroatoms. The number of aryl methyl sites for hydroxylation is 1. The second-order valence-corrected chi connectivity index (χ2v) is 6.93. The van der Waals surface area contributed by atoms with Gasteiger partial charge >= 0.3 is 0 Å². The van der Waals surface area contributed by atoms with E-state index in [9.17, 15) is 9.59 Å². The van der Waals surface area contributed by atoms with Crippen molar-refractivity contribution in [3.63, 3.8) is 0 Å². The molecule has 0 aromatic carbocycles. The molecule has 0 saturated carbocycles. The van der Waals surface area contributed by atoms with Gasteiger partial charge < -0.3 is 14.6 Å². The lowest BCUT2D eigenvalue weighted by Gasteiger charge is -2.12. The van der Waals surface area contributed by atoms with Gasteiger partial charge in [0, 0.05) is 26.5 Å². The number of carbonyl (C=O) groups is 2. The van der Waals surface area contributed by atoms with Crippen molar-refractivity contribution in [2.24, 2.45) is 5.92 Å². The highest BCUT2D eigenvalue weighted by Crippen LogP contribution is 2.28. The van der Waals surface area contributed by atoms with Crippen LogP contribution in [0.15, 0.2) is 4.52 Å². The normalized spacial score (nSPS) is 17.1. The Morgan fingerprint density at radius 2 is 2.31 bits per heavy atom. The number of nitrogens with zero attached hydrogens (tertiary/aromatic N) is 5. The second kappa shape index (κ2) is 8.32. The Hall–Kier alpha value is -2.40. The van der Waals surface area contributed by atoms with E-state index >= 15 is 0 Å². The number of aromatic nitrogens is 4. The molecular weight excluding hydrogens is 360 g/mol. The summed E-state index contributed by atoms with van der Waals surface area (Å²) >= 11 is 1.40. The molecule has 0 spiro atoms. The van der Waals surface area contributed by atoms with Crippen LogP contribution in [0.2, 0.25) is 0 Å². The zero-order valence-corrected chi connectivity index (χ0v) is 15.4. The van der Waals surface area contributed by atoms with E-state index in [1.165, 1.54) is 23.3 Å². The molecule has 2 amide bonds. The van der Waals surface area contributed by atoms with Crippen LogP contribution in [-0.4, -0.2) is 45.8 Å². The van der Waals surface area contributed by atoms with Crippen LogP contribution < -0.4 is 10.2 Å². The zero-order chi connectivity index (χ0) is 18.5. The summed E-state index contributed by atoms with van der Waals surface area (Å²) < 4.78 is 9.92. The van der Waals surface area contributed by atoms with Crippen LogP contribution in [0.4, 0.5) is 5.13 Å². The number of amides is 2. The van der Waals surface area contributed by atoms with Crippen molar-refractivity contribution in [1.29, 1.82) is 0 Å². The molecule has 2 aromatic rings. The first kappa shape index (κ1) is 18.4. The van der Waals surface area contributed by atoms with Gasteiger partial charge in [-0.3, -0.25) is 14.5 Å². The van der Waals surface area contributed by atoms with Gasteiger partial charge in [-0.25, -0.2) is 0 Å². The first-order chi connectivity index (χ1) is 12.6. The molecule has 1 unspecified atom stereocenters. The van der Waals surface area contributed by atoms with E-state index < -0.39 is 5.92 Å².